The first-order chi connectivity index (χ1) is 18.2. The minimum Gasteiger partial charge on any atom is -0.494 e. The normalized spacial score (nSPS) is 12.0. The van der Waals surface area contributed by atoms with Crippen molar-refractivity contribution in [2.75, 3.05) is 17.2 Å². The highest BCUT2D eigenvalue weighted by Gasteiger charge is 2.31. The predicted octanol–water partition coefficient (Wildman–Crippen LogP) is 6.40. The fraction of sp³-hybridized carbons (Fsp3) is 0.154. The summed E-state index contributed by atoms with van der Waals surface area (Å²) < 4.78 is 66.4. The van der Waals surface area contributed by atoms with Gasteiger partial charge in [0.2, 0.25) is 5.95 Å². The highest BCUT2D eigenvalue weighted by Crippen LogP contribution is 2.30. The van der Waals surface area contributed by atoms with E-state index in [4.69, 9.17) is 9.52 Å². The largest absolute Gasteiger partial charge is 0.573 e. The molecule has 0 amide bonds. The molecule has 1 aromatic heterocycles. The molecule has 0 aliphatic heterocycles. The van der Waals surface area contributed by atoms with Crippen molar-refractivity contribution in [2.24, 2.45) is 0 Å². The molecule has 12 heteroatoms. The summed E-state index contributed by atoms with van der Waals surface area (Å²) in [5, 5.41) is 6.22. The van der Waals surface area contributed by atoms with Crippen LogP contribution in [0.25, 0.3) is 11.1 Å². The Bertz CT molecular complexity index is 1470. The molecule has 0 saturated carbocycles. The topological polar surface area (TPSA) is 109 Å². The van der Waals surface area contributed by atoms with Crippen molar-refractivity contribution in [2.45, 2.75) is 24.7 Å². The number of nitrogens with one attached hydrogen (secondary N) is 3. The van der Waals surface area contributed by atoms with Gasteiger partial charge in [-0.2, -0.15) is 4.98 Å². The molecule has 3 aromatic carbocycles. The van der Waals surface area contributed by atoms with Gasteiger partial charge in [0.1, 0.15) is 17.3 Å². The van der Waals surface area contributed by atoms with Gasteiger partial charge in [-0.05, 0) is 60.5 Å². The maximum atomic E-state index is 12.6. The van der Waals surface area contributed by atoms with E-state index < -0.39 is 17.0 Å². The first-order valence-corrected chi connectivity index (χ1v) is 12.7. The number of aromatic nitrogens is 2. The summed E-state index contributed by atoms with van der Waals surface area (Å²) >= 11 is 0. The number of hydrogen-bond acceptors (Lipinski definition) is 8. The summed E-state index contributed by atoms with van der Waals surface area (Å²) in [7, 11) is -2.26. The van der Waals surface area contributed by atoms with Crippen LogP contribution in [0, 0.1) is 4.78 Å². The lowest BCUT2D eigenvalue weighted by molar-refractivity contribution is -0.274. The maximum absolute atomic E-state index is 12.6. The van der Waals surface area contributed by atoms with Crippen LogP contribution in [0.2, 0.25) is 0 Å². The maximum Gasteiger partial charge on any atom is 0.573 e. The van der Waals surface area contributed by atoms with Crippen LogP contribution in [-0.2, 0) is 17.1 Å². The second-order valence-corrected chi connectivity index (χ2v) is 9.04. The molecule has 1 heterocycles. The van der Waals surface area contributed by atoms with Gasteiger partial charge < -0.3 is 20.1 Å². The van der Waals surface area contributed by atoms with Gasteiger partial charge in [-0.3, -0.25) is 4.78 Å². The molecule has 8 nitrogen and oxygen atoms in total. The number of alkyl halides is 3. The SMILES string of the molecule is CCOc1ccc(-c2cnc(Nc3cccc([SH](=N)=O)c3)nc2NCc2cccc(OC(F)(F)F)c2)cc1. The van der Waals surface area contributed by atoms with Gasteiger partial charge >= 0.3 is 6.36 Å². The lowest BCUT2D eigenvalue weighted by atomic mass is 10.1. The van der Waals surface area contributed by atoms with E-state index in [0.717, 1.165) is 5.56 Å². The van der Waals surface area contributed by atoms with Gasteiger partial charge in [-0.1, -0.05) is 30.3 Å². The molecular formula is C26H24F3N5O3S. The Hall–Kier alpha value is -4.32. The third kappa shape index (κ3) is 7.35. The number of rotatable bonds is 10. The van der Waals surface area contributed by atoms with Crippen LogP contribution in [0.1, 0.15) is 12.5 Å². The first kappa shape index (κ1) is 26.7. The first-order valence-electron chi connectivity index (χ1n) is 11.4. The summed E-state index contributed by atoms with van der Waals surface area (Å²) in [5.41, 5.74) is 2.55. The molecule has 0 fully saturated rings. The lowest BCUT2D eigenvalue weighted by Crippen LogP contribution is -2.17. The van der Waals surface area contributed by atoms with E-state index in [1.165, 1.54) is 18.2 Å². The van der Waals surface area contributed by atoms with Crippen LogP contribution in [0.5, 0.6) is 11.5 Å². The monoisotopic (exact) mass is 543 g/mol. The Morgan fingerprint density at radius 1 is 1.00 bits per heavy atom. The van der Waals surface area contributed by atoms with Crippen LogP contribution in [0.4, 0.5) is 30.6 Å². The minimum absolute atomic E-state index is 0.157. The number of benzene rings is 3. The zero-order valence-corrected chi connectivity index (χ0v) is 21.0. The van der Waals surface area contributed by atoms with E-state index in [0.29, 0.717) is 39.9 Å². The number of nitrogens with zero attached hydrogens (tertiary/aromatic N) is 2. The zero-order chi connectivity index (χ0) is 27.1. The molecule has 1 unspecified atom stereocenters. The number of ether oxygens (including phenoxy) is 2. The van der Waals surface area contributed by atoms with Crippen LogP contribution in [0.3, 0.4) is 0 Å². The van der Waals surface area contributed by atoms with Crippen molar-refractivity contribution in [3.8, 4) is 22.6 Å². The molecule has 0 saturated heterocycles. The second kappa shape index (κ2) is 11.8. The summed E-state index contributed by atoms with van der Waals surface area (Å²) in [4.78, 5) is 9.33. The third-order valence-corrected chi connectivity index (χ3v) is 5.94. The average Bonchev–Trinajstić information content (AvgIpc) is 2.88. The minimum atomic E-state index is -4.79. The van der Waals surface area contributed by atoms with Gasteiger partial charge in [0.25, 0.3) is 0 Å². The standard InChI is InChI=1S/C26H24F3N5O3S/c1-2-36-20-11-9-18(10-12-20)23-16-32-25(33-19-6-4-8-22(14-19)38(30)35)34-24(23)31-15-17-5-3-7-21(13-17)37-26(27,28)29/h3-14,16,30,38H,2,15H2,1H3,(H2,31,32,33,34). The van der Waals surface area contributed by atoms with Crippen molar-refractivity contribution in [3.05, 3.63) is 84.6 Å². The van der Waals surface area contributed by atoms with Crippen molar-refractivity contribution in [1.29, 1.82) is 4.78 Å². The predicted molar refractivity (Wildman–Crippen MR) is 139 cm³/mol. The van der Waals surface area contributed by atoms with E-state index in [1.807, 2.05) is 31.2 Å². The van der Waals surface area contributed by atoms with Gasteiger partial charge in [0.05, 0.1) is 17.2 Å². The van der Waals surface area contributed by atoms with Gasteiger partial charge in [-0.15, -0.1) is 13.2 Å². The van der Waals surface area contributed by atoms with Crippen molar-refractivity contribution < 1.29 is 26.9 Å². The van der Waals surface area contributed by atoms with E-state index in [1.54, 1.807) is 36.5 Å². The van der Waals surface area contributed by atoms with E-state index in [-0.39, 0.29) is 18.2 Å². The van der Waals surface area contributed by atoms with E-state index in [2.05, 4.69) is 25.3 Å². The number of hydrogen-bond donors (Lipinski definition) is 4. The van der Waals surface area contributed by atoms with E-state index >= 15 is 0 Å². The number of anilines is 3. The molecule has 198 valence electrons. The van der Waals surface area contributed by atoms with Crippen molar-refractivity contribution in [3.63, 3.8) is 0 Å². The fourth-order valence-electron chi connectivity index (χ4n) is 3.56. The fourth-order valence-corrected chi connectivity index (χ4v) is 4.04. The van der Waals surface area contributed by atoms with Crippen LogP contribution in [0.15, 0.2) is 83.9 Å². The number of halogens is 3. The smallest absolute Gasteiger partial charge is 0.494 e. The Kier molecular flexibility index (Phi) is 8.31. The molecule has 0 aliphatic carbocycles. The second-order valence-electron chi connectivity index (χ2n) is 7.93. The highest BCUT2D eigenvalue weighted by molar-refractivity contribution is 7.73. The molecule has 0 spiro atoms. The summed E-state index contributed by atoms with van der Waals surface area (Å²) in [6, 6.07) is 19.6. The Balaban J connectivity index is 1.63. The Labute approximate surface area is 218 Å². The molecular weight excluding hydrogens is 519 g/mol. The molecule has 4 rings (SSSR count). The lowest BCUT2D eigenvalue weighted by Gasteiger charge is -2.15. The van der Waals surface area contributed by atoms with E-state index in [9.17, 15) is 17.4 Å². The Morgan fingerprint density at radius 2 is 1.76 bits per heavy atom. The van der Waals surface area contributed by atoms with Crippen molar-refractivity contribution >= 4 is 28.0 Å². The molecule has 38 heavy (non-hydrogen) atoms. The molecule has 0 radical (unpaired) electrons. The van der Waals surface area contributed by atoms with Gasteiger partial charge in [0.15, 0.2) is 0 Å². The quantitative estimate of drug-likeness (QED) is 0.171. The summed E-state index contributed by atoms with van der Waals surface area (Å²) in [6.07, 6.45) is -3.17. The van der Waals surface area contributed by atoms with Crippen LogP contribution < -0.4 is 20.1 Å². The molecule has 0 bridgehead atoms. The summed E-state index contributed by atoms with van der Waals surface area (Å²) in [6.45, 7) is 2.58. The van der Waals surface area contributed by atoms with Crippen LogP contribution >= 0.6 is 0 Å². The van der Waals surface area contributed by atoms with Crippen LogP contribution in [-0.4, -0.2) is 27.1 Å². The molecule has 3 N–H and O–H groups in total. The number of thiol groups is 1. The Morgan fingerprint density at radius 3 is 2.47 bits per heavy atom. The van der Waals surface area contributed by atoms with Crippen molar-refractivity contribution in [1.82, 2.24) is 9.97 Å². The molecule has 4 aromatic rings. The van der Waals surface area contributed by atoms with Gasteiger partial charge in [-0.25, -0.2) is 9.19 Å². The molecule has 1 atom stereocenters. The average molecular weight is 544 g/mol. The zero-order valence-electron chi connectivity index (χ0n) is 20.1. The van der Waals surface area contributed by atoms with Gasteiger partial charge in [0, 0.05) is 28.9 Å². The molecule has 0 aliphatic rings. The highest BCUT2D eigenvalue weighted by atomic mass is 32.2. The third-order valence-electron chi connectivity index (χ3n) is 5.19. The summed E-state index contributed by atoms with van der Waals surface area (Å²) in [5.74, 6) is 1.05.